The molecule has 3 atom stereocenters. The Morgan fingerprint density at radius 2 is 1.82 bits per heavy atom. The number of rotatable bonds is 5. The van der Waals surface area contributed by atoms with Crippen LogP contribution in [0, 0.1) is 5.92 Å². The summed E-state index contributed by atoms with van der Waals surface area (Å²) in [4.78, 5) is 0. The van der Waals surface area contributed by atoms with Crippen LogP contribution in [0.3, 0.4) is 0 Å². The van der Waals surface area contributed by atoms with Gasteiger partial charge in [-0.15, -0.1) is 0 Å². The molecule has 0 aromatic rings. The number of aliphatic hydroxyl groups excluding tert-OH is 2. The molecular weight excluding hydrogens is 142 g/mol. The van der Waals surface area contributed by atoms with Gasteiger partial charge in [0.25, 0.3) is 0 Å². The lowest BCUT2D eigenvalue weighted by molar-refractivity contribution is 0.167. The second-order valence-electron chi connectivity index (χ2n) is 3.21. The van der Waals surface area contributed by atoms with Crippen molar-refractivity contribution in [1.82, 2.24) is 5.32 Å². The van der Waals surface area contributed by atoms with Crippen LogP contribution in [-0.2, 0) is 0 Å². The molecule has 11 heavy (non-hydrogen) atoms. The third-order valence-electron chi connectivity index (χ3n) is 1.88. The number of aliphatic hydroxyl groups is 2. The van der Waals surface area contributed by atoms with Crippen molar-refractivity contribution in [3.63, 3.8) is 0 Å². The van der Waals surface area contributed by atoms with Gasteiger partial charge in [0.05, 0.1) is 6.10 Å². The second kappa shape index (κ2) is 5.52. The van der Waals surface area contributed by atoms with Gasteiger partial charge in [-0.05, 0) is 19.8 Å². The molecule has 3 heteroatoms. The molecule has 0 aliphatic carbocycles. The predicted molar refractivity (Wildman–Crippen MR) is 45.4 cm³/mol. The van der Waals surface area contributed by atoms with Gasteiger partial charge in [-0.3, -0.25) is 0 Å². The maximum Gasteiger partial charge on any atom is 0.0636 e. The second-order valence-corrected chi connectivity index (χ2v) is 3.21. The Kier molecular flexibility index (Phi) is 5.46. The molecule has 2 unspecified atom stereocenters. The van der Waals surface area contributed by atoms with E-state index in [0.717, 1.165) is 0 Å². The molecule has 0 fully saturated rings. The highest BCUT2D eigenvalue weighted by Gasteiger charge is 2.10. The molecular formula is C8H19NO2. The van der Waals surface area contributed by atoms with Crippen LogP contribution in [0.2, 0.25) is 0 Å². The van der Waals surface area contributed by atoms with Crippen molar-refractivity contribution in [3.05, 3.63) is 0 Å². The Hall–Kier alpha value is -0.120. The first-order valence-corrected chi connectivity index (χ1v) is 4.10. The van der Waals surface area contributed by atoms with Crippen LogP contribution in [-0.4, -0.2) is 35.5 Å². The third kappa shape index (κ3) is 5.18. The molecule has 3 nitrogen and oxygen atoms in total. The quantitative estimate of drug-likeness (QED) is 0.531. The molecule has 68 valence electrons. The van der Waals surface area contributed by atoms with E-state index in [9.17, 15) is 0 Å². The van der Waals surface area contributed by atoms with Gasteiger partial charge in [0.15, 0.2) is 0 Å². The van der Waals surface area contributed by atoms with Gasteiger partial charge in [-0.1, -0.05) is 6.92 Å². The van der Waals surface area contributed by atoms with Crippen molar-refractivity contribution in [2.45, 2.75) is 32.9 Å². The fourth-order valence-electron chi connectivity index (χ4n) is 0.716. The van der Waals surface area contributed by atoms with E-state index in [-0.39, 0.29) is 24.7 Å². The van der Waals surface area contributed by atoms with Gasteiger partial charge >= 0.3 is 0 Å². The average molecular weight is 161 g/mol. The van der Waals surface area contributed by atoms with Crippen molar-refractivity contribution < 1.29 is 10.2 Å². The van der Waals surface area contributed by atoms with E-state index in [2.05, 4.69) is 5.32 Å². The number of hydrogen-bond acceptors (Lipinski definition) is 3. The molecule has 0 rings (SSSR count). The molecule has 0 radical (unpaired) electrons. The van der Waals surface area contributed by atoms with E-state index >= 15 is 0 Å². The fourth-order valence-corrected chi connectivity index (χ4v) is 0.716. The van der Waals surface area contributed by atoms with E-state index < -0.39 is 0 Å². The molecule has 0 aliphatic heterocycles. The molecule has 0 saturated heterocycles. The highest BCUT2D eigenvalue weighted by Crippen LogP contribution is 1.99. The first-order valence-electron chi connectivity index (χ1n) is 4.10. The fraction of sp³-hybridized carbons (Fsp3) is 1.00. The van der Waals surface area contributed by atoms with Gasteiger partial charge < -0.3 is 15.5 Å². The summed E-state index contributed by atoms with van der Waals surface area (Å²) in [6.07, 6.45) is -0.316. The molecule has 3 N–H and O–H groups in total. The normalized spacial score (nSPS) is 19.4. The monoisotopic (exact) mass is 161 g/mol. The van der Waals surface area contributed by atoms with Crippen LogP contribution in [0.5, 0.6) is 0 Å². The van der Waals surface area contributed by atoms with Crippen LogP contribution < -0.4 is 5.32 Å². The zero-order valence-corrected chi connectivity index (χ0v) is 7.54. The standard InChI is InChI=1S/C8H19NO2/c1-6(5-10)8(3)9-4-7(2)11/h6-11H,4-5H2,1-3H3/t6?,7-,8?/m1/s1. The first kappa shape index (κ1) is 10.9. The summed E-state index contributed by atoms with van der Waals surface area (Å²) in [6, 6.07) is 0.259. The van der Waals surface area contributed by atoms with E-state index in [1.54, 1.807) is 6.92 Å². The summed E-state index contributed by atoms with van der Waals surface area (Å²) in [5.41, 5.74) is 0. The van der Waals surface area contributed by atoms with E-state index in [4.69, 9.17) is 10.2 Å². The lowest BCUT2D eigenvalue weighted by atomic mass is 10.1. The Morgan fingerprint density at radius 3 is 2.18 bits per heavy atom. The maximum atomic E-state index is 8.93. The Bertz CT molecular complexity index is 96.1. The Balaban J connectivity index is 3.43. The lowest BCUT2D eigenvalue weighted by Crippen LogP contribution is -2.37. The minimum absolute atomic E-state index is 0.188. The van der Waals surface area contributed by atoms with E-state index in [1.165, 1.54) is 0 Å². The molecule has 0 amide bonds. The summed E-state index contributed by atoms with van der Waals surface area (Å²) >= 11 is 0. The molecule has 0 spiro atoms. The molecule has 0 bridgehead atoms. The van der Waals surface area contributed by atoms with Crippen LogP contribution in [0.25, 0.3) is 0 Å². The zero-order valence-electron chi connectivity index (χ0n) is 7.54. The van der Waals surface area contributed by atoms with Crippen LogP contribution >= 0.6 is 0 Å². The Labute approximate surface area is 68.4 Å². The zero-order chi connectivity index (χ0) is 8.85. The minimum Gasteiger partial charge on any atom is -0.396 e. The predicted octanol–water partition coefficient (Wildman–Crippen LogP) is -0.0263. The molecule has 0 aromatic carbocycles. The largest absolute Gasteiger partial charge is 0.396 e. The van der Waals surface area contributed by atoms with Crippen LogP contribution in [0.15, 0.2) is 0 Å². The summed E-state index contributed by atoms with van der Waals surface area (Å²) in [7, 11) is 0. The summed E-state index contributed by atoms with van der Waals surface area (Å²) in [5.74, 6) is 0.244. The smallest absolute Gasteiger partial charge is 0.0636 e. The SMILES string of the molecule is CC(CO)C(C)NC[C@@H](C)O. The Morgan fingerprint density at radius 1 is 1.27 bits per heavy atom. The molecule has 0 aromatic heterocycles. The third-order valence-corrected chi connectivity index (χ3v) is 1.88. The van der Waals surface area contributed by atoms with Crippen molar-refractivity contribution in [1.29, 1.82) is 0 Å². The summed E-state index contributed by atoms with van der Waals surface area (Å²) in [5, 5.41) is 20.8. The van der Waals surface area contributed by atoms with Crippen LogP contribution in [0.4, 0.5) is 0 Å². The van der Waals surface area contributed by atoms with Crippen LogP contribution in [0.1, 0.15) is 20.8 Å². The topological polar surface area (TPSA) is 52.5 Å². The van der Waals surface area contributed by atoms with Gasteiger partial charge in [0.1, 0.15) is 0 Å². The van der Waals surface area contributed by atoms with Crippen molar-refractivity contribution in [2.75, 3.05) is 13.2 Å². The van der Waals surface area contributed by atoms with E-state index in [1.807, 2.05) is 13.8 Å². The van der Waals surface area contributed by atoms with Crippen molar-refractivity contribution in [2.24, 2.45) is 5.92 Å². The van der Waals surface area contributed by atoms with Gasteiger partial charge in [0.2, 0.25) is 0 Å². The highest BCUT2D eigenvalue weighted by molar-refractivity contribution is 4.68. The van der Waals surface area contributed by atoms with Gasteiger partial charge in [-0.25, -0.2) is 0 Å². The summed E-state index contributed by atoms with van der Waals surface area (Å²) in [6.45, 7) is 6.49. The minimum atomic E-state index is -0.316. The maximum absolute atomic E-state index is 8.93. The van der Waals surface area contributed by atoms with Gasteiger partial charge in [0, 0.05) is 19.2 Å². The van der Waals surface area contributed by atoms with Gasteiger partial charge in [-0.2, -0.15) is 0 Å². The lowest BCUT2D eigenvalue weighted by Gasteiger charge is -2.19. The van der Waals surface area contributed by atoms with Crippen molar-refractivity contribution >= 4 is 0 Å². The molecule has 0 aliphatic rings. The average Bonchev–Trinajstić information content (AvgIpc) is 1.98. The summed E-state index contributed by atoms with van der Waals surface area (Å²) < 4.78 is 0. The van der Waals surface area contributed by atoms with Crippen molar-refractivity contribution in [3.8, 4) is 0 Å². The highest BCUT2D eigenvalue weighted by atomic mass is 16.3. The molecule has 0 heterocycles. The first-order chi connectivity index (χ1) is 5.07. The molecule has 0 saturated carbocycles. The number of nitrogens with one attached hydrogen (secondary N) is 1. The van der Waals surface area contributed by atoms with E-state index in [0.29, 0.717) is 6.54 Å². The number of hydrogen-bond donors (Lipinski definition) is 3.